The summed E-state index contributed by atoms with van der Waals surface area (Å²) in [6, 6.07) is 0. The van der Waals surface area contributed by atoms with Gasteiger partial charge in [0.15, 0.2) is 4.34 Å². The first-order valence-corrected chi connectivity index (χ1v) is 6.58. The lowest BCUT2D eigenvalue weighted by Gasteiger charge is -2.03. The zero-order valence-electron chi connectivity index (χ0n) is 9.17. The second-order valence-electron chi connectivity index (χ2n) is 3.34. The molecule has 7 heteroatoms. The van der Waals surface area contributed by atoms with Gasteiger partial charge in [0.1, 0.15) is 11.4 Å². The van der Waals surface area contributed by atoms with Gasteiger partial charge >= 0.3 is 0 Å². The third-order valence-electron chi connectivity index (χ3n) is 2.09. The van der Waals surface area contributed by atoms with Crippen molar-refractivity contribution < 1.29 is 0 Å². The van der Waals surface area contributed by atoms with Crippen LogP contribution in [0.25, 0.3) is 0 Å². The van der Waals surface area contributed by atoms with E-state index in [0.717, 1.165) is 33.7 Å². The van der Waals surface area contributed by atoms with Gasteiger partial charge in [-0.05, 0) is 36.6 Å². The SMILES string of the molecule is CCCn1nc(C)c(N)c1Sc1ncns1. The summed E-state index contributed by atoms with van der Waals surface area (Å²) in [5.74, 6) is 0. The van der Waals surface area contributed by atoms with Gasteiger partial charge in [-0.25, -0.2) is 4.98 Å². The summed E-state index contributed by atoms with van der Waals surface area (Å²) >= 11 is 2.90. The summed E-state index contributed by atoms with van der Waals surface area (Å²) in [5, 5.41) is 5.38. The smallest absolute Gasteiger partial charge is 0.176 e. The summed E-state index contributed by atoms with van der Waals surface area (Å²) in [6.07, 6.45) is 2.58. The average molecular weight is 255 g/mol. The van der Waals surface area contributed by atoms with Gasteiger partial charge in [-0.15, -0.1) is 0 Å². The van der Waals surface area contributed by atoms with E-state index in [1.807, 2.05) is 11.6 Å². The Morgan fingerprint density at radius 1 is 1.56 bits per heavy atom. The standard InChI is InChI=1S/C9H13N5S2/c1-3-4-14-8(7(10)6(2)13-14)15-9-11-5-12-16-9/h5H,3-4,10H2,1-2H3. The van der Waals surface area contributed by atoms with E-state index in [1.54, 1.807) is 6.33 Å². The number of hydrogen-bond acceptors (Lipinski definition) is 6. The maximum Gasteiger partial charge on any atom is 0.176 e. The molecule has 2 heterocycles. The van der Waals surface area contributed by atoms with Crippen LogP contribution in [0.2, 0.25) is 0 Å². The number of anilines is 1. The van der Waals surface area contributed by atoms with Gasteiger partial charge in [0.2, 0.25) is 0 Å². The second-order valence-corrected chi connectivity index (χ2v) is 5.35. The summed E-state index contributed by atoms with van der Waals surface area (Å²) in [4.78, 5) is 4.14. The number of nitrogens with two attached hydrogens (primary N) is 1. The van der Waals surface area contributed by atoms with Crippen LogP contribution in [-0.4, -0.2) is 19.1 Å². The number of nitrogens with zero attached hydrogens (tertiary/aromatic N) is 4. The summed E-state index contributed by atoms with van der Waals surface area (Å²) in [5.41, 5.74) is 7.62. The molecule has 0 unspecified atom stereocenters. The number of nitrogen functional groups attached to an aromatic ring is 1. The van der Waals surface area contributed by atoms with Crippen LogP contribution in [0.5, 0.6) is 0 Å². The Hall–Kier alpha value is -1.08. The number of aromatic nitrogens is 4. The third-order valence-corrected chi connectivity index (χ3v) is 3.92. The van der Waals surface area contributed by atoms with Crippen LogP contribution in [0.3, 0.4) is 0 Å². The fraction of sp³-hybridized carbons (Fsp3) is 0.444. The minimum Gasteiger partial charge on any atom is -0.395 e. The predicted molar refractivity (Wildman–Crippen MR) is 65.7 cm³/mol. The van der Waals surface area contributed by atoms with Crippen LogP contribution in [0.1, 0.15) is 19.0 Å². The molecule has 0 radical (unpaired) electrons. The molecule has 0 spiro atoms. The molecule has 5 nitrogen and oxygen atoms in total. The van der Waals surface area contributed by atoms with Crippen LogP contribution in [-0.2, 0) is 6.54 Å². The fourth-order valence-electron chi connectivity index (χ4n) is 1.34. The molecule has 2 N–H and O–H groups in total. The molecule has 2 rings (SSSR count). The number of aryl methyl sites for hydroxylation is 2. The van der Waals surface area contributed by atoms with Crippen molar-refractivity contribution in [3.05, 3.63) is 12.0 Å². The van der Waals surface area contributed by atoms with Gasteiger partial charge in [-0.1, -0.05) is 6.92 Å². The van der Waals surface area contributed by atoms with E-state index in [9.17, 15) is 0 Å². The van der Waals surface area contributed by atoms with Gasteiger partial charge < -0.3 is 5.73 Å². The number of hydrogen-bond donors (Lipinski definition) is 1. The molecule has 0 aliphatic carbocycles. The molecule has 0 aliphatic heterocycles. The lowest BCUT2D eigenvalue weighted by molar-refractivity contribution is 0.556. The maximum atomic E-state index is 6.00. The molecule has 0 atom stereocenters. The largest absolute Gasteiger partial charge is 0.395 e. The van der Waals surface area contributed by atoms with E-state index in [1.165, 1.54) is 23.3 Å². The van der Waals surface area contributed by atoms with Crippen molar-refractivity contribution in [2.75, 3.05) is 5.73 Å². The van der Waals surface area contributed by atoms with Gasteiger partial charge in [0.25, 0.3) is 0 Å². The van der Waals surface area contributed by atoms with Crippen LogP contribution < -0.4 is 5.73 Å². The third kappa shape index (κ3) is 2.19. The Balaban J connectivity index is 2.30. The molecule has 2 aromatic rings. The minimum absolute atomic E-state index is 0.744. The molecule has 16 heavy (non-hydrogen) atoms. The van der Waals surface area contributed by atoms with Crippen LogP contribution in [0.4, 0.5) is 5.69 Å². The zero-order chi connectivity index (χ0) is 11.5. The topological polar surface area (TPSA) is 69.6 Å². The quantitative estimate of drug-likeness (QED) is 0.906. The molecule has 0 bridgehead atoms. The Morgan fingerprint density at radius 2 is 2.38 bits per heavy atom. The van der Waals surface area contributed by atoms with E-state index in [2.05, 4.69) is 21.4 Å². The van der Waals surface area contributed by atoms with E-state index in [-0.39, 0.29) is 0 Å². The molecule has 0 saturated heterocycles. The van der Waals surface area contributed by atoms with Crippen molar-refractivity contribution in [3.8, 4) is 0 Å². The second kappa shape index (κ2) is 4.84. The van der Waals surface area contributed by atoms with Gasteiger partial charge in [-0.2, -0.15) is 9.47 Å². The summed E-state index contributed by atoms with van der Waals surface area (Å²) < 4.78 is 6.80. The summed E-state index contributed by atoms with van der Waals surface area (Å²) in [7, 11) is 0. The molecule has 2 aromatic heterocycles. The average Bonchev–Trinajstić information content (AvgIpc) is 2.84. The minimum atomic E-state index is 0.744. The van der Waals surface area contributed by atoms with Crippen LogP contribution in [0, 0.1) is 6.92 Å². The molecule has 0 saturated carbocycles. The van der Waals surface area contributed by atoms with Gasteiger partial charge in [0, 0.05) is 6.54 Å². The normalized spacial score (nSPS) is 10.9. The van der Waals surface area contributed by atoms with Crippen LogP contribution >= 0.6 is 23.3 Å². The molecular formula is C9H13N5S2. The van der Waals surface area contributed by atoms with Crippen molar-refractivity contribution in [2.24, 2.45) is 0 Å². The van der Waals surface area contributed by atoms with Crippen molar-refractivity contribution >= 4 is 29.0 Å². The Labute approximate surface area is 102 Å². The summed E-state index contributed by atoms with van der Waals surface area (Å²) in [6.45, 7) is 4.91. The highest BCUT2D eigenvalue weighted by Gasteiger charge is 2.14. The predicted octanol–water partition coefficient (Wildman–Crippen LogP) is 2.19. The number of rotatable bonds is 4. The first-order valence-electron chi connectivity index (χ1n) is 4.99. The highest BCUT2D eigenvalue weighted by atomic mass is 32.2. The molecular weight excluding hydrogens is 242 g/mol. The first kappa shape index (κ1) is 11.4. The highest BCUT2D eigenvalue weighted by molar-refractivity contribution is 8.01. The highest BCUT2D eigenvalue weighted by Crippen LogP contribution is 2.34. The van der Waals surface area contributed by atoms with Crippen molar-refractivity contribution in [1.29, 1.82) is 0 Å². The fourth-order valence-corrected chi connectivity index (χ4v) is 2.89. The molecule has 0 amide bonds. The monoisotopic (exact) mass is 255 g/mol. The maximum absolute atomic E-state index is 6.00. The Bertz CT molecular complexity index is 462. The van der Waals surface area contributed by atoms with E-state index < -0.39 is 0 Å². The first-order chi connectivity index (χ1) is 7.72. The van der Waals surface area contributed by atoms with E-state index >= 15 is 0 Å². The van der Waals surface area contributed by atoms with E-state index in [4.69, 9.17) is 5.73 Å². The Morgan fingerprint density at radius 3 is 3.00 bits per heavy atom. The van der Waals surface area contributed by atoms with Crippen molar-refractivity contribution in [2.45, 2.75) is 36.2 Å². The molecule has 0 aliphatic rings. The van der Waals surface area contributed by atoms with Crippen molar-refractivity contribution in [1.82, 2.24) is 19.1 Å². The van der Waals surface area contributed by atoms with Crippen molar-refractivity contribution in [3.63, 3.8) is 0 Å². The lowest BCUT2D eigenvalue weighted by atomic mass is 10.4. The Kier molecular flexibility index (Phi) is 3.45. The molecule has 0 fully saturated rings. The van der Waals surface area contributed by atoms with Gasteiger partial charge in [-0.3, -0.25) is 4.68 Å². The molecule has 0 aromatic carbocycles. The van der Waals surface area contributed by atoms with Crippen LogP contribution in [0.15, 0.2) is 15.7 Å². The zero-order valence-corrected chi connectivity index (χ0v) is 10.8. The van der Waals surface area contributed by atoms with Gasteiger partial charge in [0.05, 0.1) is 11.4 Å². The van der Waals surface area contributed by atoms with E-state index in [0.29, 0.717) is 0 Å². The molecule has 86 valence electrons. The lowest BCUT2D eigenvalue weighted by Crippen LogP contribution is -2.01.